The standard InChI is InChI=1S/C21H22Cl2N6O4S/c1-3-19(27-34(32,33)15-9-7-14(8-10-15)24-13(2)30)20(31)12-29-26-21(25-28-29)11-16-17(22)5-4-6-18(16)23/h4-10,19,27H,3,11-12H2,1-2H3,(H,24,30). The Morgan fingerprint density at radius 3 is 2.32 bits per heavy atom. The van der Waals surface area contributed by atoms with Crippen LogP contribution in [0, 0.1) is 0 Å². The van der Waals surface area contributed by atoms with Crippen LogP contribution in [0.2, 0.25) is 10.0 Å². The minimum atomic E-state index is -3.98. The summed E-state index contributed by atoms with van der Waals surface area (Å²) >= 11 is 12.3. The molecular formula is C21H22Cl2N6O4S. The predicted octanol–water partition coefficient (Wildman–Crippen LogP) is 2.86. The number of anilines is 1. The van der Waals surface area contributed by atoms with Crippen molar-refractivity contribution in [3.05, 3.63) is 63.9 Å². The van der Waals surface area contributed by atoms with E-state index in [1.807, 2.05) is 0 Å². The number of Topliss-reactive ketones (excluding diaryl/α,β-unsaturated/α-hetero) is 1. The van der Waals surface area contributed by atoms with Crippen molar-refractivity contribution >= 4 is 50.6 Å². The largest absolute Gasteiger partial charge is 0.326 e. The number of nitrogens with one attached hydrogen (secondary N) is 2. The molecule has 34 heavy (non-hydrogen) atoms. The first-order valence-corrected chi connectivity index (χ1v) is 12.4. The van der Waals surface area contributed by atoms with Gasteiger partial charge in [-0.2, -0.15) is 4.80 Å². The molecule has 0 aliphatic rings. The minimum Gasteiger partial charge on any atom is -0.326 e. The fourth-order valence-electron chi connectivity index (χ4n) is 3.08. The Morgan fingerprint density at radius 2 is 1.74 bits per heavy atom. The van der Waals surface area contributed by atoms with Crippen LogP contribution in [0.4, 0.5) is 5.69 Å². The van der Waals surface area contributed by atoms with Gasteiger partial charge in [0, 0.05) is 29.1 Å². The fourth-order valence-corrected chi connectivity index (χ4v) is 4.91. The third-order valence-electron chi connectivity index (χ3n) is 4.77. The Labute approximate surface area is 206 Å². The van der Waals surface area contributed by atoms with Crippen LogP contribution in [0.15, 0.2) is 47.4 Å². The Balaban J connectivity index is 1.66. The lowest BCUT2D eigenvalue weighted by Gasteiger charge is -2.16. The number of carbonyl (C=O) groups excluding carboxylic acids is 2. The normalized spacial score (nSPS) is 12.4. The van der Waals surface area contributed by atoms with Crippen molar-refractivity contribution in [1.82, 2.24) is 24.9 Å². The summed E-state index contributed by atoms with van der Waals surface area (Å²) in [5.41, 5.74) is 1.10. The molecule has 0 radical (unpaired) electrons. The highest BCUT2D eigenvalue weighted by Gasteiger charge is 2.25. The van der Waals surface area contributed by atoms with Gasteiger partial charge in [0.2, 0.25) is 15.9 Å². The smallest absolute Gasteiger partial charge is 0.241 e. The third kappa shape index (κ3) is 6.60. The summed E-state index contributed by atoms with van der Waals surface area (Å²) in [5, 5.41) is 15.5. The third-order valence-corrected chi connectivity index (χ3v) is 6.96. The average Bonchev–Trinajstić information content (AvgIpc) is 3.21. The van der Waals surface area contributed by atoms with Gasteiger partial charge in [-0.05, 0) is 53.6 Å². The summed E-state index contributed by atoms with van der Waals surface area (Å²) in [4.78, 5) is 24.9. The van der Waals surface area contributed by atoms with Crippen LogP contribution < -0.4 is 10.0 Å². The van der Waals surface area contributed by atoms with E-state index in [0.29, 0.717) is 27.1 Å². The lowest BCUT2D eigenvalue weighted by molar-refractivity contribution is -0.121. The number of tetrazole rings is 1. The van der Waals surface area contributed by atoms with E-state index in [-0.39, 0.29) is 30.2 Å². The average molecular weight is 525 g/mol. The number of rotatable bonds is 10. The van der Waals surface area contributed by atoms with Crippen LogP contribution in [0.1, 0.15) is 31.7 Å². The fraction of sp³-hybridized carbons (Fsp3) is 0.286. The maximum absolute atomic E-state index is 12.8. The Morgan fingerprint density at radius 1 is 1.09 bits per heavy atom. The highest BCUT2D eigenvalue weighted by atomic mass is 35.5. The van der Waals surface area contributed by atoms with Gasteiger partial charge >= 0.3 is 0 Å². The molecule has 10 nitrogen and oxygen atoms in total. The second-order valence-electron chi connectivity index (χ2n) is 7.37. The molecule has 3 rings (SSSR count). The Bertz CT molecular complexity index is 1270. The molecule has 0 saturated heterocycles. The molecule has 1 aromatic heterocycles. The molecule has 0 aliphatic carbocycles. The van der Waals surface area contributed by atoms with Crippen molar-refractivity contribution in [3.63, 3.8) is 0 Å². The monoisotopic (exact) mass is 524 g/mol. The molecular weight excluding hydrogens is 503 g/mol. The highest BCUT2D eigenvalue weighted by molar-refractivity contribution is 7.89. The second kappa shape index (κ2) is 11.0. The molecule has 3 aromatic rings. The lowest BCUT2D eigenvalue weighted by atomic mass is 10.1. The van der Waals surface area contributed by atoms with Gasteiger partial charge in [-0.15, -0.1) is 10.2 Å². The molecule has 0 bridgehead atoms. The van der Waals surface area contributed by atoms with Crippen LogP contribution in [0.3, 0.4) is 0 Å². The number of benzene rings is 2. The summed E-state index contributed by atoms with van der Waals surface area (Å²) in [6.07, 6.45) is 0.448. The maximum Gasteiger partial charge on any atom is 0.241 e. The van der Waals surface area contributed by atoms with E-state index in [1.165, 1.54) is 31.2 Å². The van der Waals surface area contributed by atoms with Crippen LogP contribution >= 0.6 is 23.2 Å². The van der Waals surface area contributed by atoms with E-state index in [9.17, 15) is 18.0 Å². The first-order chi connectivity index (χ1) is 16.1. The highest BCUT2D eigenvalue weighted by Crippen LogP contribution is 2.25. The zero-order chi connectivity index (χ0) is 24.9. The van der Waals surface area contributed by atoms with E-state index >= 15 is 0 Å². The van der Waals surface area contributed by atoms with E-state index in [2.05, 4.69) is 25.4 Å². The van der Waals surface area contributed by atoms with E-state index in [1.54, 1.807) is 25.1 Å². The molecule has 180 valence electrons. The number of amides is 1. The maximum atomic E-state index is 12.8. The van der Waals surface area contributed by atoms with Crippen molar-refractivity contribution in [3.8, 4) is 0 Å². The number of aromatic nitrogens is 4. The SMILES string of the molecule is CCC(NS(=O)(=O)c1ccc(NC(C)=O)cc1)C(=O)Cn1nnc(Cc2c(Cl)cccc2Cl)n1. The molecule has 0 aliphatic heterocycles. The van der Waals surface area contributed by atoms with Gasteiger partial charge in [-0.1, -0.05) is 36.2 Å². The molecule has 1 unspecified atom stereocenters. The summed E-state index contributed by atoms with van der Waals surface area (Å²) in [6.45, 7) is 2.76. The Kier molecular flexibility index (Phi) is 8.37. The van der Waals surface area contributed by atoms with Crippen LogP contribution in [0.5, 0.6) is 0 Å². The summed E-state index contributed by atoms with van der Waals surface area (Å²) in [5.74, 6) is -0.387. The van der Waals surface area contributed by atoms with Crippen LogP contribution in [0.25, 0.3) is 0 Å². The topological polar surface area (TPSA) is 136 Å². The number of ketones is 1. The molecule has 1 atom stereocenters. The predicted molar refractivity (Wildman–Crippen MR) is 127 cm³/mol. The summed E-state index contributed by atoms with van der Waals surface area (Å²) in [7, 11) is -3.98. The van der Waals surface area contributed by atoms with Gasteiger partial charge in [-0.3, -0.25) is 9.59 Å². The van der Waals surface area contributed by atoms with Gasteiger partial charge < -0.3 is 5.32 Å². The number of nitrogens with zero attached hydrogens (tertiary/aromatic N) is 4. The van der Waals surface area contributed by atoms with E-state index < -0.39 is 21.8 Å². The van der Waals surface area contributed by atoms with Gasteiger partial charge in [0.1, 0.15) is 6.54 Å². The molecule has 1 heterocycles. The summed E-state index contributed by atoms with van der Waals surface area (Å²) in [6, 6.07) is 9.74. The van der Waals surface area contributed by atoms with E-state index in [4.69, 9.17) is 23.2 Å². The van der Waals surface area contributed by atoms with Gasteiger partial charge in [-0.25, -0.2) is 13.1 Å². The molecule has 1 amide bonds. The molecule has 2 N–H and O–H groups in total. The minimum absolute atomic E-state index is 0.0364. The Hall–Kier alpha value is -2.86. The zero-order valence-corrected chi connectivity index (χ0v) is 20.7. The number of halogens is 2. The van der Waals surface area contributed by atoms with Crippen molar-refractivity contribution < 1.29 is 18.0 Å². The first kappa shape index (κ1) is 25.8. The molecule has 0 saturated carbocycles. The molecule has 0 fully saturated rings. The number of hydrogen-bond donors (Lipinski definition) is 2. The molecule has 13 heteroatoms. The number of carbonyl (C=O) groups is 2. The van der Waals surface area contributed by atoms with Crippen LogP contribution in [-0.4, -0.2) is 46.4 Å². The van der Waals surface area contributed by atoms with Gasteiger partial charge in [0.05, 0.1) is 10.9 Å². The van der Waals surface area contributed by atoms with Crippen molar-refractivity contribution in [2.45, 2.75) is 44.2 Å². The van der Waals surface area contributed by atoms with Crippen molar-refractivity contribution in [2.24, 2.45) is 0 Å². The molecule has 0 spiro atoms. The molecule has 2 aromatic carbocycles. The first-order valence-electron chi connectivity index (χ1n) is 10.2. The number of hydrogen-bond acceptors (Lipinski definition) is 7. The van der Waals surface area contributed by atoms with Crippen LogP contribution in [-0.2, 0) is 32.6 Å². The number of sulfonamides is 1. The van der Waals surface area contributed by atoms with Gasteiger partial charge in [0.15, 0.2) is 11.6 Å². The lowest BCUT2D eigenvalue weighted by Crippen LogP contribution is -2.42. The second-order valence-corrected chi connectivity index (χ2v) is 9.90. The van der Waals surface area contributed by atoms with Gasteiger partial charge in [0.25, 0.3) is 0 Å². The van der Waals surface area contributed by atoms with E-state index in [0.717, 1.165) is 4.80 Å². The summed E-state index contributed by atoms with van der Waals surface area (Å²) < 4.78 is 27.9. The van der Waals surface area contributed by atoms with Crippen molar-refractivity contribution in [1.29, 1.82) is 0 Å². The van der Waals surface area contributed by atoms with Crippen molar-refractivity contribution in [2.75, 3.05) is 5.32 Å². The zero-order valence-electron chi connectivity index (χ0n) is 18.3. The quantitative estimate of drug-likeness (QED) is 0.416.